The van der Waals surface area contributed by atoms with Crippen LogP contribution in [0.25, 0.3) is 11.5 Å². The summed E-state index contributed by atoms with van der Waals surface area (Å²) in [6.45, 7) is 6.25. The minimum atomic E-state index is 0.387. The van der Waals surface area contributed by atoms with E-state index in [1.165, 1.54) is 17.5 Å². The third kappa shape index (κ3) is 2.54. The molecule has 2 aromatic rings. The Bertz CT molecular complexity index is 571. The fourth-order valence-corrected chi connectivity index (χ4v) is 2.46. The summed E-state index contributed by atoms with van der Waals surface area (Å²) >= 11 is 0. The third-order valence-electron chi connectivity index (χ3n) is 3.86. The van der Waals surface area contributed by atoms with Crippen LogP contribution in [0.5, 0.6) is 0 Å². The number of benzene rings is 1. The lowest BCUT2D eigenvalue weighted by molar-refractivity contribution is 0.393. The average molecular weight is 257 g/mol. The van der Waals surface area contributed by atoms with Gasteiger partial charge in [0, 0.05) is 18.0 Å². The molecule has 1 N–H and O–H groups in total. The Morgan fingerprint density at radius 3 is 2.89 bits per heavy atom. The fraction of sp³-hybridized carbons (Fsp3) is 0.467. The molecule has 3 rings (SSSR count). The van der Waals surface area contributed by atoms with Crippen molar-refractivity contribution in [3.05, 3.63) is 35.2 Å². The van der Waals surface area contributed by atoms with Crippen molar-refractivity contribution in [1.29, 1.82) is 0 Å². The lowest BCUT2D eigenvalue weighted by Gasteiger charge is -2.19. The minimum absolute atomic E-state index is 0.387. The van der Waals surface area contributed by atoms with E-state index in [0.29, 0.717) is 11.8 Å². The Morgan fingerprint density at radius 1 is 1.26 bits per heavy atom. The second-order valence-electron chi connectivity index (χ2n) is 5.30. The molecule has 0 radical (unpaired) electrons. The molecule has 0 saturated carbocycles. The summed E-state index contributed by atoms with van der Waals surface area (Å²) in [5.74, 6) is 1.85. The molecule has 1 aliphatic rings. The quantitative estimate of drug-likeness (QED) is 0.898. The number of rotatable bonds is 2. The highest BCUT2D eigenvalue weighted by Gasteiger charge is 2.21. The predicted octanol–water partition coefficient (Wildman–Crippen LogP) is 2.82. The SMILES string of the molecule is Cc1ccc(-c2nc(C3CCCNC3)no2)cc1C. The summed E-state index contributed by atoms with van der Waals surface area (Å²) in [6.07, 6.45) is 2.32. The van der Waals surface area contributed by atoms with E-state index < -0.39 is 0 Å². The molecule has 1 aromatic carbocycles. The number of hydrogen-bond donors (Lipinski definition) is 1. The normalized spacial score (nSPS) is 19.6. The summed E-state index contributed by atoms with van der Waals surface area (Å²) in [6, 6.07) is 6.24. The number of aromatic nitrogens is 2. The van der Waals surface area contributed by atoms with Gasteiger partial charge in [0.25, 0.3) is 5.89 Å². The molecule has 19 heavy (non-hydrogen) atoms. The molecule has 0 aliphatic carbocycles. The monoisotopic (exact) mass is 257 g/mol. The molecule has 2 heterocycles. The highest BCUT2D eigenvalue weighted by molar-refractivity contribution is 5.55. The van der Waals surface area contributed by atoms with E-state index in [-0.39, 0.29) is 0 Å². The van der Waals surface area contributed by atoms with Crippen molar-refractivity contribution in [3.8, 4) is 11.5 Å². The van der Waals surface area contributed by atoms with Crippen molar-refractivity contribution in [2.75, 3.05) is 13.1 Å². The Labute approximate surface area is 113 Å². The number of piperidine rings is 1. The summed E-state index contributed by atoms with van der Waals surface area (Å²) in [5.41, 5.74) is 3.53. The van der Waals surface area contributed by atoms with Gasteiger partial charge in [0.15, 0.2) is 5.82 Å². The smallest absolute Gasteiger partial charge is 0.257 e. The van der Waals surface area contributed by atoms with Crippen molar-refractivity contribution in [2.24, 2.45) is 0 Å². The van der Waals surface area contributed by atoms with Crippen molar-refractivity contribution >= 4 is 0 Å². The molecule has 1 aromatic heterocycles. The summed E-state index contributed by atoms with van der Waals surface area (Å²) in [5, 5.41) is 7.52. The van der Waals surface area contributed by atoms with Crippen LogP contribution in [-0.2, 0) is 0 Å². The van der Waals surface area contributed by atoms with Gasteiger partial charge in [-0.2, -0.15) is 4.98 Å². The predicted molar refractivity (Wildman–Crippen MR) is 74.1 cm³/mol. The first-order valence-electron chi connectivity index (χ1n) is 6.86. The van der Waals surface area contributed by atoms with Crippen LogP contribution in [0.4, 0.5) is 0 Å². The summed E-state index contributed by atoms with van der Waals surface area (Å²) in [4.78, 5) is 4.56. The molecule has 1 fully saturated rings. The van der Waals surface area contributed by atoms with E-state index >= 15 is 0 Å². The van der Waals surface area contributed by atoms with E-state index in [0.717, 1.165) is 30.9 Å². The summed E-state index contributed by atoms with van der Waals surface area (Å²) in [7, 11) is 0. The number of nitrogens with zero attached hydrogens (tertiary/aromatic N) is 2. The Balaban J connectivity index is 1.85. The van der Waals surface area contributed by atoms with Crippen LogP contribution in [0.1, 0.15) is 35.7 Å². The molecule has 0 amide bonds. The molecular weight excluding hydrogens is 238 g/mol. The van der Waals surface area contributed by atoms with Gasteiger partial charge in [-0.1, -0.05) is 11.2 Å². The van der Waals surface area contributed by atoms with E-state index in [2.05, 4.69) is 41.4 Å². The Kier molecular flexibility index (Phi) is 3.34. The molecular formula is C15H19N3O. The lowest BCUT2D eigenvalue weighted by atomic mass is 9.99. The van der Waals surface area contributed by atoms with E-state index in [1.807, 2.05) is 6.07 Å². The van der Waals surface area contributed by atoms with E-state index in [9.17, 15) is 0 Å². The van der Waals surface area contributed by atoms with Crippen molar-refractivity contribution < 1.29 is 4.52 Å². The van der Waals surface area contributed by atoms with Crippen LogP contribution >= 0.6 is 0 Å². The summed E-state index contributed by atoms with van der Waals surface area (Å²) < 4.78 is 5.41. The van der Waals surface area contributed by atoms with Crippen molar-refractivity contribution in [2.45, 2.75) is 32.6 Å². The molecule has 100 valence electrons. The van der Waals surface area contributed by atoms with Crippen molar-refractivity contribution in [1.82, 2.24) is 15.5 Å². The van der Waals surface area contributed by atoms with Gasteiger partial charge in [-0.15, -0.1) is 0 Å². The maximum Gasteiger partial charge on any atom is 0.257 e. The van der Waals surface area contributed by atoms with E-state index in [1.54, 1.807) is 0 Å². The zero-order valence-corrected chi connectivity index (χ0v) is 11.4. The Hall–Kier alpha value is -1.68. The van der Waals surface area contributed by atoms with Crippen LogP contribution in [0, 0.1) is 13.8 Å². The standard InChI is InChI=1S/C15H19N3O/c1-10-5-6-12(8-11(10)2)15-17-14(18-19-15)13-4-3-7-16-9-13/h5-6,8,13,16H,3-4,7,9H2,1-2H3. The van der Waals surface area contributed by atoms with Gasteiger partial charge in [0.05, 0.1) is 0 Å². The molecule has 4 heteroatoms. The molecule has 1 atom stereocenters. The average Bonchev–Trinajstić information content (AvgIpc) is 2.93. The maximum atomic E-state index is 5.41. The fourth-order valence-electron chi connectivity index (χ4n) is 2.46. The topological polar surface area (TPSA) is 51.0 Å². The zero-order valence-electron chi connectivity index (χ0n) is 11.4. The first-order chi connectivity index (χ1) is 9.24. The molecule has 1 aliphatic heterocycles. The number of aryl methyl sites for hydroxylation is 2. The zero-order chi connectivity index (χ0) is 13.2. The van der Waals surface area contributed by atoms with Crippen molar-refractivity contribution in [3.63, 3.8) is 0 Å². The van der Waals surface area contributed by atoms with Gasteiger partial charge in [0.2, 0.25) is 0 Å². The third-order valence-corrected chi connectivity index (χ3v) is 3.86. The van der Waals surface area contributed by atoms with Crippen LogP contribution in [0.2, 0.25) is 0 Å². The molecule has 1 saturated heterocycles. The highest BCUT2D eigenvalue weighted by Crippen LogP contribution is 2.25. The minimum Gasteiger partial charge on any atom is -0.334 e. The molecule has 0 spiro atoms. The van der Waals surface area contributed by atoms with Gasteiger partial charge in [0.1, 0.15) is 0 Å². The van der Waals surface area contributed by atoms with Gasteiger partial charge in [-0.25, -0.2) is 0 Å². The van der Waals surface area contributed by atoms with E-state index in [4.69, 9.17) is 4.52 Å². The molecule has 0 bridgehead atoms. The number of hydrogen-bond acceptors (Lipinski definition) is 4. The molecule has 4 nitrogen and oxygen atoms in total. The van der Waals surface area contributed by atoms with Gasteiger partial charge < -0.3 is 9.84 Å². The number of nitrogens with one attached hydrogen (secondary N) is 1. The lowest BCUT2D eigenvalue weighted by Crippen LogP contribution is -2.28. The van der Waals surface area contributed by atoms with Crippen LogP contribution in [0.3, 0.4) is 0 Å². The second kappa shape index (κ2) is 5.13. The highest BCUT2D eigenvalue weighted by atomic mass is 16.5. The van der Waals surface area contributed by atoms with Crippen LogP contribution < -0.4 is 5.32 Å². The van der Waals surface area contributed by atoms with Crippen LogP contribution in [0.15, 0.2) is 22.7 Å². The molecule has 1 unspecified atom stereocenters. The first-order valence-corrected chi connectivity index (χ1v) is 6.86. The van der Waals surface area contributed by atoms with Gasteiger partial charge >= 0.3 is 0 Å². The maximum absolute atomic E-state index is 5.41. The first kappa shape index (κ1) is 12.4. The van der Waals surface area contributed by atoms with Gasteiger partial charge in [-0.05, 0) is 56.5 Å². The second-order valence-corrected chi connectivity index (χ2v) is 5.30. The van der Waals surface area contributed by atoms with Crippen LogP contribution in [-0.4, -0.2) is 23.2 Å². The van der Waals surface area contributed by atoms with Gasteiger partial charge in [-0.3, -0.25) is 0 Å². The largest absolute Gasteiger partial charge is 0.334 e. The Morgan fingerprint density at radius 2 is 2.16 bits per heavy atom.